The molecule has 1 aromatic heterocycles. The van der Waals surface area contributed by atoms with E-state index in [1.807, 2.05) is 6.20 Å². The number of nitrogens with one attached hydrogen (secondary N) is 1. The molecule has 2 aliphatic rings. The van der Waals surface area contributed by atoms with Crippen LogP contribution in [0, 0.1) is 5.92 Å². The van der Waals surface area contributed by atoms with Crippen LogP contribution in [-0.4, -0.2) is 17.6 Å². The van der Waals surface area contributed by atoms with Crippen LogP contribution in [0.25, 0.3) is 0 Å². The van der Waals surface area contributed by atoms with Crippen molar-refractivity contribution in [3.05, 3.63) is 17.8 Å². The van der Waals surface area contributed by atoms with Gasteiger partial charge in [0, 0.05) is 24.9 Å². The first-order valence-electron chi connectivity index (χ1n) is 7.49. The maximum absolute atomic E-state index is 5.91. The first-order valence-corrected chi connectivity index (χ1v) is 7.49. The largest absolute Gasteiger partial charge is 0.445 e. The van der Waals surface area contributed by atoms with Crippen LogP contribution in [-0.2, 0) is 6.42 Å². The molecule has 0 saturated heterocycles. The van der Waals surface area contributed by atoms with Crippen molar-refractivity contribution < 1.29 is 4.42 Å². The van der Waals surface area contributed by atoms with Gasteiger partial charge in [-0.3, -0.25) is 0 Å². The van der Waals surface area contributed by atoms with Crippen molar-refractivity contribution in [2.75, 3.05) is 6.54 Å². The minimum absolute atomic E-state index is 0.624. The number of hydrogen-bond acceptors (Lipinski definition) is 3. The number of oxazole rings is 1. The van der Waals surface area contributed by atoms with E-state index in [0.29, 0.717) is 5.92 Å². The molecular weight excluding hydrogens is 224 g/mol. The molecule has 2 fully saturated rings. The van der Waals surface area contributed by atoms with Crippen molar-refractivity contribution in [1.29, 1.82) is 0 Å². The van der Waals surface area contributed by atoms with Gasteiger partial charge in [0.1, 0.15) is 5.76 Å². The van der Waals surface area contributed by atoms with Crippen LogP contribution in [0.1, 0.15) is 63.0 Å². The molecule has 18 heavy (non-hydrogen) atoms. The number of hydrogen-bond donors (Lipinski definition) is 1. The third-order valence-electron chi connectivity index (χ3n) is 4.34. The second-order valence-electron chi connectivity index (χ2n) is 6.09. The average molecular weight is 248 g/mol. The summed E-state index contributed by atoms with van der Waals surface area (Å²) in [6, 6.07) is 0.777. The molecule has 3 heteroatoms. The molecule has 0 radical (unpaired) electrons. The first-order chi connectivity index (χ1) is 8.81. The molecule has 0 aliphatic heterocycles. The van der Waals surface area contributed by atoms with Crippen molar-refractivity contribution in [3.63, 3.8) is 0 Å². The summed E-state index contributed by atoms with van der Waals surface area (Å²) in [6.07, 6.45) is 10.8. The van der Waals surface area contributed by atoms with E-state index >= 15 is 0 Å². The lowest BCUT2D eigenvalue weighted by Gasteiger charge is -2.24. The van der Waals surface area contributed by atoms with Gasteiger partial charge in [-0.25, -0.2) is 4.98 Å². The summed E-state index contributed by atoms with van der Waals surface area (Å²) in [5.41, 5.74) is 0. The Kier molecular flexibility index (Phi) is 3.69. The molecule has 3 nitrogen and oxygen atoms in total. The van der Waals surface area contributed by atoms with Gasteiger partial charge >= 0.3 is 0 Å². The fourth-order valence-corrected chi connectivity index (χ4v) is 2.84. The highest BCUT2D eigenvalue weighted by atomic mass is 16.4. The normalized spacial score (nSPS) is 28.5. The molecule has 0 spiro atoms. The van der Waals surface area contributed by atoms with Gasteiger partial charge < -0.3 is 9.73 Å². The van der Waals surface area contributed by atoms with E-state index in [0.717, 1.165) is 36.6 Å². The van der Waals surface area contributed by atoms with E-state index in [1.165, 1.54) is 38.5 Å². The lowest BCUT2D eigenvalue weighted by atomic mass is 9.82. The molecule has 100 valence electrons. The van der Waals surface area contributed by atoms with Gasteiger partial charge in [0.05, 0.1) is 6.20 Å². The summed E-state index contributed by atoms with van der Waals surface area (Å²) < 4.78 is 5.91. The summed E-state index contributed by atoms with van der Waals surface area (Å²) in [5.74, 6) is 3.56. The SMILES string of the molecule is CC1CCC(c2cnc(CCNC3CC3)o2)CC1. The van der Waals surface area contributed by atoms with E-state index in [1.54, 1.807) is 0 Å². The molecule has 1 aromatic rings. The van der Waals surface area contributed by atoms with E-state index < -0.39 is 0 Å². The highest BCUT2D eigenvalue weighted by Gasteiger charge is 2.23. The Morgan fingerprint density at radius 1 is 1.22 bits per heavy atom. The van der Waals surface area contributed by atoms with Gasteiger partial charge in [-0.1, -0.05) is 19.8 Å². The standard InChI is InChI=1S/C15H24N2O/c1-11-2-4-12(5-3-11)14-10-17-15(18-14)8-9-16-13-6-7-13/h10-13,16H,2-9H2,1H3. The predicted molar refractivity (Wildman–Crippen MR) is 71.6 cm³/mol. The van der Waals surface area contributed by atoms with Crippen LogP contribution in [0.4, 0.5) is 0 Å². The Morgan fingerprint density at radius 2 is 2.00 bits per heavy atom. The molecule has 0 atom stereocenters. The quantitative estimate of drug-likeness (QED) is 0.869. The van der Waals surface area contributed by atoms with Crippen molar-refractivity contribution in [2.45, 2.75) is 63.8 Å². The molecule has 2 aliphatic carbocycles. The van der Waals surface area contributed by atoms with Crippen molar-refractivity contribution in [3.8, 4) is 0 Å². The van der Waals surface area contributed by atoms with Crippen LogP contribution in [0.3, 0.4) is 0 Å². The zero-order valence-electron chi connectivity index (χ0n) is 11.3. The summed E-state index contributed by atoms with van der Waals surface area (Å²) in [7, 11) is 0. The first kappa shape index (κ1) is 12.2. The second-order valence-corrected chi connectivity index (χ2v) is 6.09. The average Bonchev–Trinajstić information content (AvgIpc) is 3.08. The number of rotatable bonds is 5. The maximum atomic E-state index is 5.91. The maximum Gasteiger partial charge on any atom is 0.195 e. The topological polar surface area (TPSA) is 38.1 Å². The summed E-state index contributed by atoms with van der Waals surface area (Å²) in [4.78, 5) is 4.42. The zero-order chi connectivity index (χ0) is 12.4. The zero-order valence-corrected chi connectivity index (χ0v) is 11.3. The van der Waals surface area contributed by atoms with Crippen LogP contribution in [0.2, 0.25) is 0 Å². The predicted octanol–water partition coefficient (Wildman–Crippen LogP) is 3.26. The highest BCUT2D eigenvalue weighted by Crippen LogP contribution is 2.35. The van der Waals surface area contributed by atoms with Gasteiger partial charge in [0.15, 0.2) is 5.89 Å². The molecule has 0 bridgehead atoms. The minimum Gasteiger partial charge on any atom is -0.445 e. The molecular formula is C15H24N2O. The van der Waals surface area contributed by atoms with E-state index in [-0.39, 0.29) is 0 Å². The monoisotopic (exact) mass is 248 g/mol. The molecule has 0 aromatic carbocycles. The van der Waals surface area contributed by atoms with Crippen LogP contribution < -0.4 is 5.32 Å². The van der Waals surface area contributed by atoms with Crippen LogP contribution >= 0.6 is 0 Å². The third-order valence-corrected chi connectivity index (χ3v) is 4.34. The van der Waals surface area contributed by atoms with Crippen LogP contribution in [0.5, 0.6) is 0 Å². The van der Waals surface area contributed by atoms with Crippen molar-refractivity contribution >= 4 is 0 Å². The summed E-state index contributed by atoms with van der Waals surface area (Å²) in [6.45, 7) is 3.36. The molecule has 3 rings (SSSR count). The third kappa shape index (κ3) is 3.14. The lowest BCUT2D eigenvalue weighted by Crippen LogP contribution is -2.19. The fourth-order valence-electron chi connectivity index (χ4n) is 2.84. The molecule has 0 amide bonds. The fraction of sp³-hybridized carbons (Fsp3) is 0.800. The Bertz CT molecular complexity index is 376. The Balaban J connectivity index is 1.48. The Hall–Kier alpha value is -0.830. The number of nitrogens with zero attached hydrogens (tertiary/aromatic N) is 1. The van der Waals surface area contributed by atoms with Gasteiger partial charge in [-0.15, -0.1) is 0 Å². The van der Waals surface area contributed by atoms with E-state index in [4.69, 9.17) is 4.42 Å². The van der Waals surface area contributed by atoms with E-state index in [9.17, 15) is 0 Å². The summed E-state index contributed by atoms with van der Waals surface area (Å²) in [5, 5.41) is 3.50. The molecule has 2 saturated carbocycles. The highest BCUT2D eigenvalue weighted by molar-refractivity contribution is 5.03. The van der Waals surface area contributed by atoms with Crippen LogP contribution in [0.15, 0.2) is 10.6 Å². The van der Waals surface area contributed by atoms with E-state index in [2.05, 4.69) is 17.2 Å². The van der Waals surface area contributed by atoms with Gasteiger partial charge in [-0.05, 0) is 31.6 Å². The van der Waals surface area contributed by atoms with Gasteiger partial charge in [-0.2, -0.15) is 0 Å². The Labute approximate surface area is 109 Å². The minimum atomic E-state index is 0.624. The smallest absolute Gasteiger partial charge is 0.195 e. The molecule has 0 unspecified atom stereocenters. The summed E-state index contributed by atoms with van der Waals surface area (Å²) >= 11 is 0. The lowest BCUT2D eigenvalue weighted by molar-refractivity contribution is 0.308. The Morgan fingerprint density at radius 3 is 2.72 bits per heavy atom. The van der Waals surface area contributed by atoms with Gasteiger partial charge in [0.25, 0.3) is 0 Å². The molecule has 1 heterocycles. The van der Waals surface area contributed by atoms with Gasteiger partial charge in [0.2, 0.25) is 0 Å². The second kappa shape index (κ2) is 5.43. The number of aromatic nitrogens is 1. The van der Waals surface area contributed by atoms with Crippen molar-refractivity contribution in [1.82, 2.24) is 10.3 Å². The molecule has 1 N–H and O–H groups in total. The van der Waals surface area contributed by atoms with Crippen molar-refractivity contribution in [2.24, 2.45) is 5.92 Å².